The Hall–Kier alpha value is -2.37. The second-order valence-corrected chi connectivity index (χ2v) is 5.31. The summed E-state index contributed by atoms with van der Waals surface area (Å²) >= 11 is 0. The molecule has 0 fully saturated rings. The summed E-state index contributed by atoms with van der Waals surface area (Å²) in [6.07, 6.45) is -3.65. The van der Waals surface area contributed by atoms with Crippen LogP contribution in [-0.4, -0.2) is 20.8 Å². The van der Waals surface area contributed by atoms with Crippen molar-refractivity contribution in [1.82, 2.24) is 0 Å². The molecule has 0 aromatic heterocycles. The van der Waals surface area contributed by atoms with E-state index in [0.717, 1.165) is 17.3 Å². The van der Waals surface area contributed by atoms with Gasteiger partial charge in [-0.25, -0.2) is 0 Å². The number of anilines is 2. The predicted octanol–water partition coefficient (Wildman–Crippen LogP) is 4.42. The van der Waals surface area contributed by atoms with E-state index < -0.39 is 11.7 Å². The number of rotatable bonds is 3. The maximum atomic E-state index is 13.0. The second kappa shape index (κ2) is 5.68. The zero-order valence-electron chi connectivity index (χ0n) is 12.8. The smallest absolute Gasteiger partial charge is 0.416 e. The highest BCUT2D eigenvalue weighted by molar-refractivity contribution is 5.72. The highest BCUT2D eigenvalue weighted by atomic mass is 19.4. The normalized spacial score (nSPS) is 13.9. The minimum atomic E-state index is -4.35. The first-order valence-corrected chi connectivity index (χ1v) is 7.13. The van der Waals surface area contributed by atoms with Gasteiger partial charge in [0.15, 0.2) is 0 Å². The monoisotopic (exact) mass is 323 g/mol. The van der Waals surface area contributed by atoms with E-state index in [4.69, 9.17) is 9.47 Å². The SMILES string of the molecule is COc1cc(OC)cc(N2CCc3ccc(C(F)(F)F)cc32)c1. The van der Waals surface area contributed by atoms with Gasteiger partial charge in [0.05, 0.1) is 19.8 Å². The van der Waals surface area contributed by atoms with Crippen LogP contribution < -0.4 is 14.4 Å². The van der Waals surface area contributed by atoms with Crippen molar-refractivity contribution < 1.29 is 22.6 Å². The first-order chi connectivity index (χ1) is 10.9. The van der Waals surface area contributed by atoms with Gasteiger partial charge < -0.3 is 14.4 Å². The lowest BCUT2D eigenvalue weighted by Crippen LogP contribution is -2.14. The van der Waals surface area contributed by atoms with Crippen molar-refractivity contribution in [1.29, 1.82) is 0 Å². The molecule has 0 spiro atoms. The molecule has 0 aliphatic carbocycles. The lowest BCUT2D eigenvalue weighted by atomic mass is 10.1. The van der Waals surface area contributed by atoms with Gasteiger partial charge in [-0.05, 0) is 24.1 Å². The minimum Gasteiger partial charge on any atom is -0.497 e. The summed E-state index contributed by atoms with van der Waals surface area (Å²) in [5.74, 6) is 1.19. The number of methoxy groups -OCH3 is 2. The molecule has 3 rings (SSSR count). The van der Waals surface area contributed by atoms with E-state index in [1.54, 1.807) is 24.3 Å². The average molecular weight is 323 g/mol. The quantitative estimate of drug-likeness (QED) is 0.835. The molecule has 0 saturated carbocycles. The molecule has 3 nitrogen and oxygen atoms in total. The highest BCUT2D eigenvalue weighted by Crippen LogP contribution is 2.41. The summed E-state index contributed by atoms with van der Waals surface area (Å²) in [6.45, 7) is 0.618. The molecule has 6 heteroatoms. The third kappa shape index (κ3) is 2.93. The third-order valence-corrected chi connectivity index (χ3v) is 3.96. The molecule has 0 bridgehead atoms. The van der Waals surface area contributed by atoms with E-state index in [2.05, 4.69) is 0 Å². The molecule has 122 valence electrons. The van der Waals surface area contributed by atoms with Crippen molar-refractivity contribution in [3.05, 3.63) is 47.5 Å². The van der Waals surface area contributed by atoms with Crippen molar-refractivity contribution in [3.63, 3.8) is 0 Å². The molecule has 0 N–H and O–H groups in total. The zero-order valence-corrected chi connectivity index (χ0v) is 12.8. The molecule has 0 atom stereocenters. The minimum absolute atomic E-state index is 0.579. The fourth-order valence-corrected chi connectivity index (χ4v) is 2.77. The molecule has 2 aromatic rings. The van der Waals surface area contributed by atoms with Crippen LogP contribution in [0.3, 0.4) is 0 Å². The average Bonchev–Trinajstić information content (AvgIpc) is 2.96. The van der Waals surface area contributed by atoms with E-state index in [1.807, 2.05) is 4.90 Å². The Bertz CT molecular complexity index is 706. The first-order valence-electron chi connectivity index (χ1n) is 7.13. The first kappa shape index (κ1) is 15.5. The largest absolute Gasteiger partial charge is 0.497 e. The van der Waals surface area contributed by atoms with Gasteiger partial charge >= 0.3 is 6.18 Å². The van der Waals surface area contributed by atoms with Crippen LogP contribution in [0.25, 0.3) is 0 Å². The van der Waals surface area contributed by atoms with Crippen molar-refractivity contribution >= 4 is 11.4 Å². The number of benzene rings is 2. The van der Waals surface area contributed by atoms with E-state index in [0.29, 0.717) is 30.2 Å². The van der Waals surface area contributed by atoms with E-state index >= 15 is 0 Å². The van der Waals surface area contributed by atoms with Crippen molar-refractivity contribution in [2.75, 3.05) is 25.7 Å². The summed E-state index contributed by atoms with van der Waals surface area (Å²) in [7, 11) is 3.08. The Labute approximate surface area is 132 Å². The lowest BCUT2D eigenvalue weighted by molar-refractivity contribution is -0.137. The number of nitrogens with zero attached hydrogens (tertiary/aromatic N) is 1. The second-order valence-electron chi connectivity index (χ2n) is 5.31. The molecule has 0 amide bonds. The van der Waals surface area contributed by atoms with Crippen LogP contribution >= 0.6 is 0 Å². The molecule has 1 aliphatic heterocycles. The van der Waals surface area contributed by atoms with Gasteiger partial charge in [-0.3, -0.25) is 0 Å². The lowest BCUT2D eigenvalue weighted by Gasteiger charge is -2.22. The summed E-state index contributed by atoms with van der Waals surface area (Å²) in [5, 5.41) is 0. The Balaban J connectivity index is 2.05. The topological polar surface area (TPSA) is 21.7 Å². The van der Waals surface area contributed by atoms with Gasteiger partial charge in [-0.1, -0.05) is 6.07 Å². The summed E-state index contributed by atoms with van der Waals surface area (Å²) in [6, 6.07) is 9.20. The summed E-state index contributed by atoms with van der Waals surface area (Å²) in [5.41, 5.74) is 1.59. The van der Waals surface area contributed by atoms with Gasteiger partial charge in [0, 0.05) is 36.1 Å². The van der Waals surface area contributed by atoms with Crippen molar-refractivity contribution in [3.8, 4) is 11.5 Å². The van der Waals surface area contributed by atoms with Crippen LogP contribution in [0.4, 0.5) is 24.5 Å². The molecule has 23 heavy (non-hydrogen) atoms. The van der Waals surface area contributed by atoms with E-state index in [9.17, 15) is 13.2 Å². The van der Waals surface area contributed by atoms with Crippen LogP contribution in [0.2, 0.25) is 0 Å². The fraction of sp³-hybridized carbons (Fsp3) is 0.294. The predicted molar refractivity (Wildman–Crippen MR) is 81.7 cm³/mol. The molecular weight excluding hydrogens is 307 g/mol. The number of fused-ring (bicyclic) bond motifs is 1. The van der Waals surface area contributed by atoms with Gasteiger partial charge in [-0.2, -0.15) is 13.2 Å². The number of alkyl halides is 3. The molecule has 0 saturated heterocycles. The molecular formula is C17H16F3NO2. The zero-order chi connectivity index (χ0) is 16.6. The van der Waals surface area contributed by atoms with Crippen LogP contribution in [0, 0.1) is 0 Å². The van der Waals surface area contributed by atoms with Crippen LogP contribution in [-0.2, 0) is 12.6 Å². The molecule has 2 aromatic carbocycles. The van der Waals surface area contributed by atoms with Crippen LogP contribution in [0.15, 0.2) is 36.4 Å². The van der Waals surface area contributed by atoms with Crippen molar-refractivity contribution in [2.24, 2.45) is 0 Å². The number of halogens is 3. The molecule has 1 heterocycles. The van der Waals surface area contributed by atoms with Gasteiger partial charge in [0.2, 0.25) is 0 Å². The Morgan fingerprint density at radius 2 is 1.61 bits per heavy atom. The van der Waals surface area contributed by atoms with Crippen LogP contribution in [0.5, 0.6) is 11.5 Å². The van der Waals surface area contributed by atoms with E-state index in [-0.39, 0.29) is 0 Å². The molecule has 0 unspecified atom stereocenters. The van der Waals surface area contributed by atoms with Gasteiger partial charge in [0.1, 0.15) is 11.5 Å². The number of hydrogen-bond acceptors (Lipinski definition) is 3. The van der Waals surface area contributed by atoms with Gasteiger partial charge in [0.25, 0.3) is 0 Å². The summed E-state index contributed by atoms with van der Waals surface area (Å²) in [4.78, 5) is 1.86. The number of ether oxygens (including phenoxy) is 2. The third-order valence-electron chi connectivity index (χ3n) is 3.96. The molecule has 0 radical (unpaired) electrons. The molecule has 1 aliphatic rings. The van der Waals surface area contributed by atoms with Crippen LogP contribution in [0.1, 0.15) is 11.1 Å². The van der Waals surface area contributed by atoms with Crippen molar-refractivity contribution in [2.45, 2.75) is 12.6 Å². The standard InChI is InChI=1S/C17H16F3NO2/c1-22-14-8-13(9-15(10-14)23-2)21-6-5-11-3-4-12(7-16(11)21)17(18,19)20/h3-4,7-10H,5-6H2,1-2H3. The Kier molecular flexibility index (Phi) is 3.83. The highest BCUT2D eigenvalue weighted by Gasteiger charge is 2.33. The van der Waals surface area contributed by atoms with E-state index in [1.165, 1.54) is 20.3 Å². The summed E-state index contributed by atoms with van der Waals surface area (Å²) < 4.78 is 49.4. The number of hydrogen-bond donors (Lipinski definition) is 0. The fourth-order valence-electron chi connectivity index (χ4n) is 2.77. The Morgan fingerprint density at radius 3 is 2.17 bits per heavy atom. The Morgan fingerprint density at radius 1 is 0.957 bits per heavy atom. The maximum Gasteiger partial charge on any atom is 0.416 e. The van der Waals surface area contributed by atoms with Gasteiger partial charge in [-0.15, -0.1) is 0 Å². The maximum absolute atomic E-state index is 13.0.